The van der Waals surface area contributed by atoms with E-state index in [0.717, 1.165) is 0 Å². The van der Waals surface area contributed by atoms with Gasteiger partial charge in [0.2, 0.25) is 5.78 Å². The van der Waals surface area contributed by atoms with Gasteiger partial charge in [0.1, 0.15) is 5.00 Å². The number of carbonyl (C=O) groups is 3. The lowest BCUT2D eigenvalue weighted by Crippen LogP contribution is -2.47. The molecule has 1 amide bonds. The van der Waals surface area contributed by atoms with E-state index in [2.05, 4.69) is 5.32 Å². The molecular weight excluding hydrogens is 388 g/mol. The van der Waals surface area contributed by atoms with Crippen molar-refractivity contribution in [1.82, 2.24) is 0 Å². The Morgan fingerprint density at radius 2 is 1.75 bits per heavy atom. The summed E-state index contributed by atoms with van der Waals surface area (Å²) in [7, 11) is 0. The van der Waals surface area contributed by atoms with Crippen LogP contribution in [0, 0.1) is 5.13 Å². The highest BCUT2D eigenvalue weighted by atomic mass is 32.1. The zero-order valence-electron chi connectivity index (χ0n) is 14.0. The van der Waals surface area contributed by atoms with E-state index in [1.165, 1.54) is 48.5 Å². The Morgan fingerprint density at radius 1 is 1.04 bits per heavy atom. The fraction of sp³-hybridized carbons (Fsp3) is 0.0500. The van der Waals surface area contributed by atoms with Crippen LogP contribution in [0.2, 0.25) is 0 Å². The van der Waals surface area contributed by atoms with Crippen LogP contribution < -0.4 is 5.32 Å². The lowest BCUT2D eigenvalue weighted by Gasteiger charge is -2.28. The Morgan fingerprint density at radius 3 is 2.43 bits per heavy atom. The number of halogens is 2. The predicted molar refractivity (Wildman–Crippen MR) is 98.9 cm³/mol. The first-order valence-electron chi connectivity index (χ1n) is 8.10. The second-order valence-electron chi connectivity index (χ2n) is 6.15. The molecule has 0 saturated heterocycles. The Bertz CT molecular complexity index is 1140. The highest BCUT2D eigenvalue weighted by molar-refractivity contribution is 7.15. The zero-order valence-corrected chi connectivity index (χ0v) is 14.8. The van der Waals surface area contributed by atoms with Crippen molar-refractivity contribution >= 4 is 34.0 Å². The number of carboxylic acids is 1. The zero-order chi connectivity index (χ0) is 20.1. The van der Waals surface area contributed by atoms with Crippen molar-refractivity contribution in [3.05, 3.63) is 76.4 Å². The van der Waals surface area contributed by atoms with E-state index in [9.17, 15) is 18.8 Å². The molecule has 0 aliphatic carbocycles. The number of nitrogens with one attached hydrogen (secondary N) is 1. The molecule has 2 heterocycles. The summed E-state index contributed by atoms with van der Waals surface area (Å²) in [5, 5.41) is 10.5. The van der Waals surface area contributed by atoms with Gasteiger partial charge < -0.3 is 10.4 Å². The third-order valence-corrected chi connectivity index (χ3v) is 5.41. The number of hydrogen-bond donors (Lipinski definition) is 2. The molecule has 5 nitrogen and oxygen atoms in total. The van der Waals surface area contributed by atoms with E-state index in [1.54, 1.807) is 6.07 Å². The Balaban J connectivity index is 1.93. The number of hydrogen-bond acceptors (Lipinski definition) is 4. The average molecular weight is 399 g/mol. The fourth-order valence-corrected chi connectivity index (χ4v) is 4.11. The number of carboxylic acid groups (broad SMARTS) is 1. The van der Waals surface area contributed by atoms with Gasteiger partial charge in [-0.25, -0.2) is 9.18 Å². The molecule has 1 atom stereocenters. The maximum atomic E-state index is 15.7. The van der Waals surface area contributed by atoms with Gasteiger partial charge in [-0.15, -0.1) is 0 Å². The van der Waals surface area contributed by atoms with Gasteiger partial charge in [0.25, 0.3) is 11.6 Å². The topological polar surface area (TPSA) is 83.5 Å². The normalized spacial score (nSPS) is 18.5. The summed E-state index contributed by atoms with van der Waals surface area (Å²) in [6.45, 7) is 0. The lowest BCUT2D eigenvalue weighted by molar-refractivity contribution is -0.125. The summed E-state index contributed by atoms with van der Waals surface area (Å²) in [4.78, 5) is 36.7. The van der Waals surface area contributed by atoms with Crippen LogP contribution in [0.5, 0.6) is 0 Å². The summed E-state index contributed by atoms with van der Waals surface area (Å²) in [5.41, 5.74) is -3.73. The Hall–Kier alpha value is -3.39. The van der Waals surface area contributed by atoms with Crippen molar-refractivity contribution in [3.8, 4) is 11.1 Å². The van der Waals surface area contributed by atoms with E-state index in [1.807, 2.05) is 0 Å². The van der Waals surface area contributed by atoms with E-state index < -0.39 is 28.5 Å². The second-order valence-corrected chi connectivity index (χ2v) is 7.12. The largest absolute Gasteiger partial charge is 0.478 e. The second kappa shape index (κ2) is 6.35. The lowest BCUT2D eigenvalue weighted by atomic mass is 9.83. The molecule has 1 aliphatic heterocycles. The first kappa shape index (κ1) is 18.0. The van der Waals surface area contributed by atoms with Crippen molar-refractivity contribution < 1.29 is 28.3 Å². The number of benzene rings is 2. The highest BCUT2D eigenvalue weighted by Crippen LogP contribution is 2.47. The highest BCUT2D eigenvalue weighted by Gasteiger charge is 2.54. The number of Topliss-reactive ketones (excluding diaryl/α,β-unsaturated/α-hetero) is 1. The average Bonchev–Trinajstić information content (AvgIpc) is 3.02. The van der Waals surface area contributed by atoms with Gasteiger partial charge >= 0.3 is 5.97 Å². The molecule has 1 aromatic heterocycles. The first-order valence-corrected chi connectivity index (χ1v) is 8.92. The predicted octanol–water partition coefficient (Wildman–Crippen LogP) is 4.25. The molecular formula is C20H11F2NO4S. The number of thiophene rings is 1. The fourth-order valence-electron chi connectivity index (χ4n) is 3.17. The van der Waals surface area contributed by atoms with E-state index in [-0.39, 0.29) is 32.8 Å². The third-order valence-electron chi connectivity index (χ3n) is 4.51. The molecule has 0 spiro atoms. The summed E-state index contributed by atoms with van der Waals surface area (Å²) in [5.74, 6) is -3.60. The summed E-state index contributed by atoms with van der Waals surface area (Å²) < 4.78 is 30.4. The molecule has 0 saturated carbocycles. The summed E-state index contributed by atoms with van der Waals surface area (Å²) in [6, 6.07) is 12.5. The number of ketones is 1. The van der Waals surface area contributed by atoms with E-state index in [4.69, 9.17) is 5.11 Å². The number of alkyl halides is 1. The maximum Gasteiger partial charge on any atom is 0.335 e. The van der Waals surface area contributed by atoms with Gasteiger partial charge in [-0.1, -0.05) is 53.8 Å². The third kappa shape index (κ3) is 2.53. The van der Waals surface area contributed by atoms with Crippen LogP contribution in [-0.4, -0.2) is 22.8 Å². The maximum absolute atomic E-state index is 15.7. The first-order chi connectivity index (χ1) is 13.3. The molecule has 140 valence electrons. The molecule has 0 bridgehead atoms. The number of carbonyl (C=O) groups excluding carboxylic acids is 2. The number of rotatable bonds is 3. The van der Waals surface area contributed by atoms with Crippen LogP contribution in [0.3, 0.4) is 0 Å². The monoisotopic (exact) mass is 399 g/mol. The molecule has 1 aliphatic rings. The summed E-state index contributed by atoms with van der Waals surface area (Å²) >= 11 is 0.496. The molecule has 0 fully saturated rings. The van der Waals surface area contributed by atoms with Crippen LogP contribution in [0.25, 0.3) is 11.1 Å². The molecule has 8 heteroatoms. The van der Waals surface area contributed by atoms with Gasteiger partial charge in [0.05, 0.1) is 11.1 Å². The minimum Gasteiger partial charge on any atom is -0.478 e. The van der Waals surface area contributed by atoms with Crippen LogP contribution in [0.4, 0.5) is 13.8 Å². The molecule has 4 rings (SSSR count). The molecule has 2 N–H and O–H groups in total. The van der Waals surface area contributed by atoms with Gasteiger partial charge in [0.15, 0.2) is 5.13 Å². The van der Waals surface area contributed by atoms with Crippen molar-refractivity contribution in [3.63, 3.8) is 0 Å². The number of aromatic carboxylic acids is 1. The van der Waals surface area contributed by atoms with Crippen LogP contribution in [-0.2, 0) is 10.5 Å². The molecule has 28 heavy (non-hydrogen) atoms. The minimum atomic E-state index is -3.01. The van der Waals surface area contributed by atoms with Crippen LogP contribution in [0.1, 0.15) is 26.3 Å². The number of anilines is 1. The quantitative estimate of drug-likeness (QED) is 0.645. The Kier molecular flexibility index (Phi) is 4.08. The summed E-state index contributed by atoms with van der Waals surface area (Å²) in [6.07, 6.45) is 0. The SMILES string of the molecule is O=C(O)c1cccc(-c2c(F)sc3c2C(=O)C(F)(c2ccccc2)C(=O)N3)c1. The van der Waals surface area contributed by atoms with Crippen molar-refractivity contribution in [2.45, 2.75) is 5.67 Å². The molecule has 3 aromatic rings. The number of fused-ring (bicyclic) bond motifs is 1. The Labute approximate surface area is 161 Å². The van der Waals surface area contributed by atoms with Crippen molar-refractivity contribution in [2.24, 2.45) is 0 Å². The standard InChI is InChI=1S/C20H11F2NO4S/c21-16-13(10-5-4-6-11(9-10)18(25)26)14-15(24)20(22,12-7-2-1-3-8-12)19(27)23-17(14)28-16/h1-9H,(H,23,27)(H,25,26). The minimum absolute atomic E-state index is 0.104. The van der Waals surface area contributed by atoms with Gasteiger partial charge in [-0.3, -0.25) is 9.59 Å². The molecule has 2 aromatic carbocycles. The van der Waals surface area contributed by atoms with Crippen LogP contribution in [0.15, 0.2) is 54.6 Å². The van der Waals surface area contributed by atoms with Gasteiger partial charge in [-0.2, -0.15) is 4.39 Å². The van der Waals surface area contributed by atoms with Crippen molar-refractivity contribution in [2.75, 3.05) is 5.32 Å². The molecule has 1 unspecified atom stereocenters. The molecule has 0 radical (unpaired) electrons. The number of amides is 1. The van der Waals surface area contributed by atoms with Gasteiger partial charge in [-0.05, 0) is 17.7 Å². The smallest absolute Gasteiger partial charge is 0.335 e. The van der Waals surface area contributed by atoms with Crippen LogP contribution >= 0.6 is 11.3 Å². The van der Waals surface area contributed by atoms with Crippen molar-refractivity contribution in [1.29, 1.82) is 0 Å². The van der Waals surface area contributed by atoms with E-state index >= 15 is 4.39 Å². The van der Waals surface area contributed by atoms with E-state index in [0.29, 0.717) is 11.3 Å². The van der Waals surface area contributed by atoms with Gasteiger partial charge in [0, 0.05) is 11.1 Å².